The van der Waals surface area contributed by atoms with Crippen molar-refractivity contribution in [2.24, 2.45) is 4.99 Å². The molecule has 0 fully saturated rings. The van der Waals surface area contributed by atoms with Crippen LogP contribution < -0.4 is 5.01 Å². The summed E-state index contributed by atoms with van der Waals surface area (Å²) < 4.78 is 0. The number of hydrogen-bond donors (Lipinski definition) is 2. The molecule has 2 aromatic rings. The number of phenols is 1. The number of allylic oxidation sites excluding steroid dienone is 5. The lowest BCUT2D eigenvalue weighted by Crippen LogP contribution is -2.38. The van der Waals surface area contributed by atoms with Crippen LogP contribution in [-0.4, -0.2) is 39.9 Å². The third kappa shape index (κ3) is 3.19. The van der Waals surface area contributed by atoms with Crippen molar-refractivity contribution in [1.82, 2.24) is 5.01 Å². The Bertz CT molecular complexity index is 1130. The molecule has 29 heavy (non-hydrogen) atoms. The Labute approximate surface area is 166 Å². The van der Waals surface area contributed by atoms with Gasteiger partial charge >= 0.3 is 5.97 Å². The van der Waals surface area contributed by atoms with E-state index in [9.17, 15) is 14.7 Å². The topological polar surface area (TPSA) is 93.4 Å². The fraction of sp³-hybridized carbons (Fsp3) is 0.0455. The highest BCUT2D eigenvalue weighted by Gasteiger charge is 2.33. The molecule has 0 bridgehead atoms. The van der Waals surface area contributed by atoms with Gasteiger partial charge in [-0.1, -0.05) is 24.3 Å². The molecule has 0 atom stereocenters. The number of amidine groups is 1. The summed E-state index contributed by atoms with van der Waals surface area (Å²) >= 11 is 0. The second-order valence-electron chi connectivity index (χ2n) is 6.46. The largest absolute Gasteiger partial charge is 0.507 e. The number of benzene rings is 2. The number of anilines is 1. The molecule has 2 aliphatic rings. The molecular weight excluding hydrogens is 370 g/mol. The Kier molecular flexibility index (Phi) is 4.48. The number of phenolic OH excluding ortho intramolecular Hbond substituents is 1. The molecule has 4 rings (SSSR count). The van der Waals surface area contributed by atoms with Crippen LogP contribution in [0.4, 0.5) is 5.69 Å². The zero-order chi connectivity index (χ0) is 20.5. The number of carboxylic acids is 1. The van der Waals surface area contributed by atoms with E-state index in [0.29, 0.717) is 28.5 Å². The SMILES string of the molecule is CN1C(c2ccccc2O)=N/C(=C2/C=CC=CC2=O)N1c1ccc(C(=O)O)cc1. The molecular formula is C22H17N3O4. The third-order valence-corrected chi connectivity index (χ3v) is 4.65. The summed E-state index contributed by atoms with van der Waals surface area (Å²) in [5, 5.41) is 22.9. The maximum atomic E-state index is 12.5. The molecule has 0 saturated carbocycles. The van der Waals surface area contributed by atoms with Crippen LogP contribution in [0.15, 0.2) is 89.2 Å². The van der Waals surface area contributed by atoms with Gasteiger partial charge in [-0.25, -0.2) is 14.8 Å². The highest BCUT2D eigenvalue weighted by molar-refractivity contribution is 6.11. The normalized spacial score (nSPS) is 18.4. The summed E-state index contributed by atoms with van der Waals surface area (Å²) in [6, 6.07) is 13.1. The molecule has 7 heteroatoms. The molecule has 0 radical (unpaired) electrons. The summed E-state index contributed by atoms with van der Waals surface area (Å²) in [6.45, 7) is 0. The van der Waals surface area contributed by atoms with Crippen molar-refractivity contribution >= 4 is 23.3 Å². The van der Waals surface area contributed by atoms with Gasteiger partial charge in [0.25, 0.3) is 0 Å². The number of carbonyl (C=O) groups is 2. The smallest absolute Gasteiger partial charge is 0.335 e. The van der Waals surface area contributed by atoms with E-state index in [4.69, 9.17) is 5.11 Å². The van der Waals surface area contributed by atoms with Crippen LogP contribution in [0.1, 0.15) is 15.9 Å². The number of ketones is 1. The molecule has 2 N–H and O–H groups in total. The van der Waals surface area contributed by atoms with E-state index in [1.165, 1.54) is 18.2 Å². The fourth-order valence-corrected chi connectivity index (χ4v) is 3.22. The monoisotopic (exact) mass is 387 g/mol. The number of para-hydroxylation sites is 1. The van der Waals surface area contributed by atoms with Crippen LogP contribution in [0.2, 0.25) is 0 Å². The van der Waals surface area contributed by atoms with E-state index in [1.54, 1.807) is 71.7 Å². The second-order valence-corrected chi connectivity index (χ2v) is 6.46. The van der Waals surface area contributed by atoms with Crippen LogP contribution >= 0.6 is 0 Å². The van der Waals surface area contributed by atoms with Gasteiger partial charge in [-0.2, -0.15) is 0 Å². The fourth-order valence-electron chi connectivity index (χ4n) is 3.22. The molecule has 144 valence electrons. The maximum absolute atomic E-state index is 12.5. The van der Waals surface area contributed by atoms with Crippen LogP contribution in [0.25, 0.3) is 0 Å². The Morgan fingerprint density at radius 2 is 1.69 bits per heavy atom. The molecule has 0 spiro atoms. The molecule has 7 nitrogen and oxygen atoms in total. The van der Waals surface area contributed by atoms with E-state index in [0.717, 1.165) is 0 Å². The van der Waals surface area contributed by atoms with Gasteiger partial charge in [-0.05, 0) is 48.6 Å². The molecule has 0 saturated heterocycles. The molecule has 0 unspecified atom stereocenters. The Morgan fingerprint density at radius 3 is 2.34 bits per heavy atom. The van der Waals surface area contributed by atoms with Crippen molar-refractivity contribution in [3.63, 3.8) is 0 Å². The first-order valence-electron chi connectivity index (χ1n) is 8.85. The van der Waals surface area contributed by atoms with Crippen LogP contribution in [0.5, 0.6) is 5.75 Å². The quantitative estimate of drug-likeness (QED) is 0.786. The van der Waals surface area contributed by atoms with Crippen molar-refractivity contribution in [1.29, 1.82) is 0 Å². The number of rotatable bonds is 3. The number of hydrogen-bond acceptors (Lipinski definition) is 6. The summed E-state index contributed by atoms with van der Waals surface area (Å²) in [7, 11) is 1.76. The Hall–Kier alpha value is -4.13. The number of carboxylic acid groups (broad SMARTS) is 1. The van der Waals surface area contributed by atoms with Gasteiger partial charge in [-0.15, -0.1) is 0 Å². The Morgan fingerprint density at radius 1 is 1.00 bits per heavy atom. The number of aromatic hydroxyl groups is 1. The third-order valence-electron chi connectivity index (χ3n) is 4.65. The molecule has 0 amide bonds. The lowest BCUT2D eigenvalue weighted by Gasteiger charge is -2.30. The van der Waals surface area contributed by atoms with Crippen LogP contribution in [-0.2, 0) is 4.79 Å². The summed E-state index contributed by atoms with van der Waals surface area (Å²) in [5.41, 5.74) is 1.70. The zero-order valence-electron chi connectivity index (χ0n) is 15.5. The van der Waals surface area contributed by atoms with Crippen LogP contribution in [0, 0.1) is 0 Å². The van der Waals surface area contributed by atoms with E-state index in [2.05, 4.69) is 4.99 Å². The van der Waals surface area contributed by atoms with Crippen molar-refractivity contribution in [2.75, 3.05) is 12.1 Å². The van der Waals surface area contributed by atoms with Crippen molar-refractivity contribution < 1.29 is 19.8 Å². The van der Waals surface area contributed by atoms with Gasteiger partial charge in [0.15, 0.2) is 17.4 Å². The van der Waals surface area contributed by atoms with E-state index in [-0.39, 0.29) is 17.1 Å². The van der Waals surface area contributed by atoms with E-state index < -0.39 is 5.97 Å². The minimum atomic E-state index is -1.02. The average Bonchev–Trinajstić information content (AvgIpc) is 3.05. The zero-order valence-corrected chi connectivity index (χ0v) is 15.5. The number of hydrazine groups is 1. The van der Waals surface area contributed by atoms with Gasteiger partial charge in [0.1, 0.15) is 5.75 Å². The lowest BCUT2D eigenvalue weighted by molar-refractivity contribution is -0.111. The molecule has 1 heterocycles. The predicted octanol–water partition coefficient (Wildman–Crippen LogP) is 3.11. The van der Waals surface area contributed by atoms with Gasteiger partial charge < -0.3 is 10.2 Å². The minimum absolute atomic E-state index is 0.0657. The highest BCUT2D eigenvalue weighted by Crippen LogP contribution is 2.34. The first kappa shape index (κ1) is 18.2. The van der Waals surface area contributed by atoms with Crippen molar-refractivity contribution in [3.05, 3.63) is 95.4 Å². The number of carbonyl (C=O) groups excluding carboxylic acids is 1. The Balaban J connectivity index is 1.87. The van der Waals surface area contributed by atoms with E-state index >= 15 is 0 Å². The van der Waals surface area contributed by atoms with Crippen LogP contribution in [0.3, 0.4) is 0 Å². The van der Waals surface area contributed by atoms with Gasteiger partial charge in [0.05, 0.1) is 22.4 Å². The van der Waals surface area contributed by atoms with Crippen molar-refractivity contribution in [3.8, 4) is 5.75 Å². The highest BCUT2D eigenvalue weighted by atomic mass is 16.4. The van der Waals surface area contributed by atoms with Crippen molar-refractivity contribution in [2.45, 2.75) is 0 Å². The van der Waals surface area contributed by atoms with Gasteiger partial charge in [0, 0.05) is 7.05 Å². The summed E-state index contributed by atoms with van der Waals surface area (Å²) in [6.07, 6.45) is 6.55. The predicted molar refractivity (Wildman–Crippen MR) is 109 cm³/mol. The maximum Gasteiger partial charge on any atom is 0.335 e. The first-order valence-corrected chi connectivity index (χ1v) is 8.85. The summed E-state index contributed by atoms with van der Waals surface area (Å²) in [5.74, 6) is -0.295. The molecule has 0 aromatic heterocycles. The second kappa shape index (κ2) is 7.12. The molecule has 1 aliphatic carbocycles. The molecule has 1 aliphatic heterocycles. The van der Waals surface area contributed by atoms with Gasteiger partial charge in [-0.3, -0.25) is 9.80 Å². The van der Waals surface area contributed by atoms with Gasteiger partial charge in [0.2, 0.25) is 0 Å². The summed E-state index contributed by atoms with van der Waals surface area (Å²) in [4.78, 5) is 28.3. The van der Waals surface area contributed by atoms with E-state index in [1.807, 2.05) is 0 Å². The first-order chi connectivity index (χ1) is 14.0. The lowest BCUT2D eigenvalue weighted by atomic mass is 10.1. The number of aromatic carboxylic acids is 1. The minimum Gasteiger partial charge on any atom is -0.507 e. The number of aliphatic imine (C=N–C) groups is 1. The molecule has 2 aromatic carbocycles. The number of nitrogens with zero attached hydrogens (tertiary/aromatic N) is 3. The average molecular weight is 387 g/mol. The standard InChI is InChI=1S/C22H17N3O4/c1-24-20(16-6-2-4-8-18(16)26)23-21(17-7-3-5-9-19(17)27)25(24)15-12-10-14(11-13-15)22(28)29/h2-13,26H,1H3,(H,28,29)/b21-17+.